The number of carbonyl (C=O) groups is 2. The minimum Gasteiger partial charge on any atom is -0.465 e. The van der Waals surface area contributed by atoms with Gasteiger partial charge in [0.15, 0.2) is 0 Å². The third-order valence-corrected chi connectivity index (χ3v) is 3.22. The Morgan fingerprint density at radius 1 is 0.952 bits per heavy atom. The number of amides is 2. The minimum absolute atomic E-state index is 0.240. The van der Waals surface area contributed by atoms with Crippen LogP contribution in [0.3, 0.4) is 0 Å². The molecule has 0 atom stereocenters. The van der Waals surface area contributed by atoms with Crippen LogP contribution in [0.5, 0.6) is 0 Å². The predicted molar refractivity (Wildman–Crippen MR) is 78.7 cm³/mol. The second-order valence-electron chi connectivity index (χ2n) is 4.57. The largest absolute Gasteiger partial charge is 0.465 e. The fourth-order valence-electron chi connectivity index (χ4n) is 2.19. The Hall–Kier alpha value is -2.88. The summed E-state index contributed by atoms with van der Waals surface area (Å²) in [6.07, 6.45) is 8.76. The number of imide groups is 1. The van der Waals surface area contributed by atoms with Gasteiger partial charge in [0, 0.05) is 6.54 Å². The first kappa shape index (κ1) is 13.1. The average molecular weight is 279 g/mol. The van der Waals surface area contributed by atoms with Gasteiger partial charge in [-0.05, 0) is 30.3 Å². The van der Waals surface area contributed by atoms with Crippen molar-refractivity contribution in [2.75, 3.05) is 6.54 Å². The molecule has 0 saturated carbocycles. The molecule has 0 unspecified atom stereocenters. The highest BCUT2D eigenvalue weighted by Crippen LogP contribution is 2.21. The summed E-state index contributed by atoms with van der Waals surface area (Å²) in [4.78, 5) is 25.4. The molecule has 2 amide bonds. The Kier molecular flexibility index (Phi) is 3.51. The Bertz CT molecular complexity index is 691. The van der Waals surface area contributed by atoms with Gasteiger partial charge in [0.05, 0.1) is 17.4 Å². The summed E-state index contributed by atoms with van der Waals surface area (Å²) < 4.78 is 5.15. The number of nitrogens with zero attached hydrogens (tertiary/aromatic N) is 1. The lowest BCUT2D eigenvalue weighted by Gasteiger charge is -2.09. The monoisotopic (exact) mass is 279 g/mol. The Balaban J connectivity index is 1.64. The number of rotatable bonds is 4. The lowest BCUT2D eigenvalue weighted by atomic mass is 10.1. The molecule has 4 nitrogen and oxygen atoms in total. The second-order valence-corrected chi connectivity index (χ2v) is 4.57. The first-order valence-electron chi connectivity index (χ1n) is 6.59. The minimum atomic E-state index is -0.240. The highest BCUT2D eigenvalue weighted by molar-refractivity contribution is 6.21. The van der Waals surface area contributed by atoms with E-state index < -0.39 is 0 Å². The Labute approximate surface area is 122 Å². The molecule has 1 aromatic heterocycles. The number of carbonyl (C=O) groups excluding carboxylic acids is 2. The zero-order valence-corrected chi connectivity index (χ0v) is 11.2. The van der Waals surface area contributed by atoms with E-state index in [4.69, 9.17) is 4.42 Å². The first-order chi connectivity index (χ1) is 10.3. The van der Waals surface area contributed by atoms with Crippen molar-refractivity contribution >= 4 is 17.9 Å². The lowest BCUT2D eigenvalue weighted by Crippen LogP contribution is -2.29. The van der Waals surface area contributed by atoms with Crippen molar-refractivity contribution in [1.82, 2.24) is 4.90 Å². The van der Waals surface area contributed by atoms with Gasteiger partial charge in [0.25, 0.3) is 11.8 Å². The molecular weight excluding hydrogens is 266 g/mol. The normalized spacial score (nSPS) is 14.6. The van der Waals surface area contributed by atoms with E-state index in [-0.39, 0.29) is 18.4 Å². The summed E-state index contributed by atoms with van der Waals surface area (Å²) in [5.41, 5.74) is 0.948. The summed E-state index contributed by atoms with van der Waals surface area (Å²) >= 11 is 0. The van der Waals surface area contributed by atoms with Crippen molar-refractivity contribution in [2.24, 2.45) is 0 Å². The van der Waals surface area contributed by atoms with Gasteiger partial charge in [0.1, 0.15) is 5.76 Å². The maximum absolute atomic E-state index is 12.1. The fourth-order valence-corrected chi connectivity index (χ4v) is 2.19. The lowest BCUT2D eigenvalue weighted by molar-refractivity contribution is 0.0672. The summed E-state index contributed by atoms with van der Waals surface area (Å²) in [6, 6.07) is 10.5. The molecule has 0 spiro atoms. The zero-order chi connectivity index (χ0) is 14.7. The van der Waals surface area contributed by atoms with E-state index >= 15 is 0 Å². The Morgan fingerprint density at radius 2 is 1.67 bits per heavy atom. The molecule has 4 heteroatoms. The van der Waals surface area contributed by atoms with Crippen LogP contribution in [0.15, 0.2) is 65.3 Å². The molecule has 0 radical (unpaired) electrons. The number of furan rings is 1. The van der Waals surface area contributed by atoms with E-state index in [0.29, 0.717) is 11.1 Å². The van der Waals surface area contributed by atoms with Crippen LogP contribution in [0.1, 0.15) is 26.5 Å². The molecule has 3 rings (SSSR count). The molecule has 1 aliphatic heterocycles. The third-order valence-electron chi connectivity index (χ3n) is 3.22. The number of allylic oxidation sites excluding steroid dienone is 2. The zero-order valence-electron chi connectivity index (χ0n) is 11.2. The summed E-state index contributed by atoms with van der Waals surface area (Å²) in [7, 11) is 0. The van der Waals surface area contributed by atoms with Crippen molar-refractivity contribution in [2.45, 2.75) is 0 Å². The van der Waals surface area contributed by atoms with Crippen molar-refractivity contribution in [3.05, 3.63) is 77.8 Å². The molecule has 0 N–H and O–H groups in total. The quantitative estimate of drug-likeness (QED) is 0.638. The van der Waals surface area contributed by atoms with Crippen LogP contribution in [0.25, 0.3) is 6.08 Å². The van der Waals surface area contributed by atoms with Gasteiger partial charge in [-0.1, -0.05) is 30.4 Å². The van der Waals surface area contributed by atoms with Gasteiger partial charge in [-0.15, -0.1) is 0 Å². The third kappa shape index (κ3) is 2.56. The van der Waals surface area contributed by atoms with Crippen molar-refractivity contribution in [3.63, 3.8) is 0 Å². The molecule has 0 fully saturated rings. The van der Waals surface area contributed by atoms with Gasteiger partial charge in [-0.2, -0.15) is 0 Å². The van der Waals surface area contributed by atoms with E-state index in [1.165, 1.54) is 4.90 Å². The van der Waals surface area contributed by atoms with Crippen LogP contribution in [0, 0.1) is 0 Å². The van der Waals surface area contributed by atoms with Gasteiger partial charge < -0.3 is 4.42 Å². The van der Waals surface area contributed by atoms with E-state index in [1.54, 1.807) is 54.8 Å². The summed E-state index contributed by atoms with van der Waals surface area (Å²) in [5, 5.41) is 0. The van der Waals surface area contributed by atoms with Gasteiger partial charge in [-0.3, -0.25) is 14.5 Å². The van der Waals surface area contributed by atoms with Crippen LogP contribution < -0.4 is 0 Å². The van der Waals surface area contributed by atoms with Crippen LogP contribution in [0.2, 0.25) is 0 Å². The van der Waals surface area contributed by atoms with Gasteiger partial charge in [0.2, 0.25) is 0 Å². The van der Waals surface area contributed by atoms with Crippen LogP contribution in [-0.4, -0.2) is 23.3 Å². The molecule has 1 aliphatic rings. The first-order valence-corrected chi connectivity index (χ1v) is 6.59. The number of fused-ring (bicyclic) bond motifs is 1. The molecule has 1 aromatic carbocycles. The van der Waals surface area contributed by atoms with E-state index in [1.807, 2.05) is 12.1 Å². The molecular formula is C17H13NO3. The SMILES string of the molecule is O=C1c2ccccc2C(=O)N1C/C=C/C=C/c1ccco1. The van der Waals surface area contributed by atoms with E-state index in [2.05, 4.69) is 0 Å². The molecule has 21 heavy (non-hydrogen) atoms. The maximum atomic E-state index is 12.1. The van der Waals surface area contributed by atoms with Crippen molar-refractivity contribution in [1.29, 1.82) is 0 Å². The highest BCUT2D eigenvalue weighted by Gasteiger charge is 2.33. The van der Waals surface area contributed by atoms with Gasteiger partial charge in [-0.25, -0.2) is 0 Å². The average Bonchev–Trinajstić information content (AvgIpc) is 3.10. The second kappa shape index (κ2) is 5.63. The van der Waals surface area contributed by atoms with Crippen molar-refractivity contribution < 1.29 is 14.0 Å². The van der Waals surface area contributed by atoms with Crippen LogP contribution in [0.4, 0.5) is 0 Å². The number of benzene rings is 1. The smallest absolute Gasteiger partial charge is 0.261 e. The van der Waals surface area contributed by atoms with Crippen LogP contribution in [-0.2, 0) is 0 Å². The van der Waals surface area contributed by atoms with E-state index in [0.717, 1.165) is 5.76 Å². The molecule has 0 bridgehead atoms. The molecule has 2 heterocycles. The molecule has 0 aliphatic carbocycles. The Morgan fingerprint density at radius 3 is 2.29 bits per heavy atom. The summed E-state index contributed by atoms with van der Waals surface area (Å²) in [5.74, 6) is 0.269. The predicted octanol–water partition coefficient (Wildman–Crippen LogP) is 3.15. The van der Waals surface area contributed by atoms with Gasteiger partial charge >= 0.3 is 0 Å². The molecule has 0 saturated heterocycles. The maximum Gasteiger partial charge on any atom is 0.261 e. The van der Waals surface area contributed by atoms with Crippen LogP contribution >= 0.6 is 0 Å². The number of hydrogen-bond acceptors (Lipinski definition) is 3. The standard InChI is InChI=1S/C17H13NO3/c19-16-14-9-3-4-10-15(14)17(20)18(16)11-5-1-2-7-13-8-6-12-21-13/h1-10,12H,11H2/b5-1+,7-2+. The van der Waals surface area contributed by atoms with E-state index in [9.17, 15) is 9.59 Å². The van der Waals surface area contributed by atoms with Crippen molar-refractivity contribution in [3.8, 4) is 0 Å². The molecule has 104 valence electrons. The summed E-state index contributed by atoms with van der Waals surface area (Å²) in [6.45, 7) is 0.259. The number of hydrogen-bond donors (Lipinski definition) is 0. The topological polar surface area (TPSA) is 50.5 Å². The highest BCUT2D eigenvalue weighted by atomic mass is 16.3. The fraction of sp³-hybridized carbons (Fsp3) is 0.0588. The molecule has 2 aromatic rings.